The summed E-state index contributed by atoms with van der Waals surface area (Å²) in [6.45, 7) is 0. The molecule has 0 N–H and O–H groups in total. The van der Waals surface area contributed by atoms with Crippen LogP contribution < -0.4 is 276 Å². The van der Waals surface area contributed by atoms with Crippen molar-refractivity contribution in [1.29, 1.82) is 0 Å². The molecule has 0 rings (SSSR count). The normalized spacial score (nSPS) is 14.7. The van der Waals surface area contributed by atoms with Crippen LogP contribution in [0, 0.1) is 0 Å². The zero-order valence-electron chi connectivity index (χ0n) is 6.57. The van der Waals surface area contributed by atoms with Gasteiger partial charge >= 0.3 is 310 Å². The van der Waals surface area contributed by atoms with E-state index in [0.717, 1.165) is 0 Å². The molecule has 0 heterocycles. The molecule has 11 heavy (non-hydrogen) atoms. The number of hydrogen-bond donors (Lipinski definition) is 0. The van der Waals surface area contributed by atoms with Crippen molar-refractivity contribution < 1.29 is 310 Å². The van der Waals surface area contributed by atoms with Gasteiger partial charge in [0, 0.05) is 0 Å². The van der Waals surface area contributed by atoms with Gasteiger partial charge in [0.15, 0.2) is 0 Å². The predicted octanol–water partition coefficient (Wildman–Crippen LogP) is -9.47. The van der Waals surface area contributed by atoms with E-state index in [1.807, 2.05) is 0 Å². The van der Waals surface area contributed by atoms with Crippen molar-refractivity contribution in [3.05, 3.63) is 0 Å². The Kier molecular flexibility index (Phi) is 29.0. The second-order valence-corrected chi connectivity index (χ2v) is 2.66. The van der Waals surface area contributed by atoms with Gasteiger partial charge in [-0.25, -0.2) is 0 Å². The first-order valence-electron chi connectivity index (χ1n) is 0.684. The Morgan fingerprint density at radius 2 is 0.455 bits per heavy atom. The van der Waals surface area contributed by atoms with E-state index in [4.69, 9.17) is 0 Å². The molecule has 0 saturated carbocycles. The zero-order chi connectivity index (χ0) is 6.41. The maximum atomic E-state index is 9.84. The summed E-state index contributed by atoms with van der Waals surface area (Å²) in [5.41, 5.74) is 0. The molecule has 0 amide bonds. The van der Waals surface area contributed by atoms with E-state index >= 15 is 0 Å². The van der Waals surface area contributed by atoms with Gasteiger partial charge in [-0.3, -0.25) is 0 Å². The summed E-state index contributed by atoms with van der Waals surface area (Å²) in [6, 6.07) is 0. The van der Waals surface area contributed by atoms with Gasteiger partial charge in [-0.15, -0.1) is 0 Å². The monoisotopic (exact) mass is 709 g/mol. The number of hydrogen-bond acceptors (Lipinski definition) is 0. The molecule has 0 atom stereocenters. The van der Waals surface area contributed by atoms with Crippen LogP contribution in [0.2, 0.25) is 0 Å². The molecule has 0 aromatic heterocycles. The van der Waals surface area contributed by atoms with E-state index in [9.17, 15) is 21.3 Å². The molecule has 0 aliphatic carbocycles. The van der Waals surface area contributed by atoms with Crippen molar-refractivity contribution in [2.45, 2.75) is 0 Å². The fourth-order valence-electron chi connectivity index (χ4n) is 0. The molecule has 0 bridgehead atoms. The molecule has 57 valence electrons. The van der Waals surface area contributed by atoms with Crippen LogP contribution in [0.15, 0.2) is 0 Å². The third kappa shape index (κ3) is 70.5. The molecule has 0 nitrogen and oxygen atoms in total. The quantitative estimate of drug-likeness (QED) is 0.174. The Bertz CT molecular complexity index is 73.1. The second kappa shape index (κ2) is 10.1. The van der Waals surface area contributed by atoms with Crippen molar-refractivity contribution in [2.75, 3.05) is 0 Å². The first kappa shape index (κ1) is 31.6. The van der Waals surface area contributed by atoms with Gasteiger partial charge in [0.05, 0.1) is 0 Å². The molecule has 0 aliphatic heterocycles. The fourth-order valence-corrected chi connectivity index (χ4v) is 0. The maximum absolute atomic E-state index is 10.4. The predicted molar refractivity (Wildman–Crippen MR) is 6.65 cm³/mol. The van der Waals surface area contributed by atoms with Crippen LogP contribution >= 0.6 is 0 Å². The molecule has 0 fully saturated rings. The third-order valence-corrected chi connectivity index (χ3v) is 0. The summed E-state index contributed by atoms with van der Waals surface area (Å²) in [7, 11) is 0. The van der Waals surface area contributed by atoms with Gasteiger partial charge in [-0.2, -0.15) is 0 Å². The van der Waals surface area contributed by atoms with Gasteiger partial charge in [-0.05, 0) is 0 Å². The topological polar surface area (TPSA) is 0 Å². The average Bonchev–Trinajstić information content (AvgIpc) is 0.592. The Hall–Kier alpha value is 8.31. The second-order valence-electron chi connectivity index (χ2n) is 0.646. The van der Waals surface area contributed by atoms with Crippen LogP contribution in [0.5, 0.6) is 0 Å². The molecule has 0 spiro atoms. The average molecular weight is 709 g/mol. The third-order valence-electron chi connectivity index (χ3n) is 0. The van der Waals surface area contributed by atoms with Crippen molar-refractivity contribution in [3.63, 3.8) is 0 Å². The van der Waals surface area contributed by atoms with Crippen molar-refractivity contribution >= 4 is 0 Å². The fraction of sp³-hybridized carbons (Fsp3) is 0. The van der Waals surface area contributed by atoms with Crippen LogP contribution in [0.4, 0.5) is 21.3 Å². The molecule has 0 aliphatic rings. The van der Waals surface area contributed by atoms with Crippen LogP contribution in [-0.4, -0.2) is 0 Å². The van der Waals surface area contributed by atoms with Crippen LogP contribution in [-0.2, 0) is 13.5 Å². The molecular formula is Cs4CuF6. The minimum atomic E-state index is -10.4. The van der Waals surface area contributed by atoms with Gasteiger partial charge in [0.2, 0.25) is 0 Å². The van der Waals surface area contributed by atoms with Crippen molar-refractivity contribution in [2.24, 2.45) is 0 Å². The van der Waals surface area contributed by atoms with E-state index in [0.29, 0.717) is 0 Å². The van der Waals surface area contributed by atoms with E-state index in [1.54, 1.807) is 0 Å². The van der Waals surface area contributed by atoms with E-state index < -0.39 is 13.5 Å². The van der Waals surface area contributed by atoms with Crippen LogP contribution in [0.3, 0.4) is 0 Å². The molecule has 11 heteroatoms. The molecule has 0 unspecified atom stereocenters. The standard InChI is InChI=1S/4Cs.Cu.6FH/h;;;;;6*1H/q4*+1;+2;;;;;;/p-6. The Labute approximate surface area is 297 Å². The summed E-state index contributed by atoms with van der Waals surface area (Å²) < 4.78 is 59.1. The number of rotatable bonds is 0. The first-order chi connectivity index (χ1) is 2.45. The molecular weight excluding hydrogens is 709 g/mol. The molecule has 0 aromatic rings. The molecule has 0 radical (unpaired) electrons. The summed E-state index contributed by atoms with van der Waals surface area (Å²) in [5, 5.41) is 0. The van der Waals surface area contributed by atoms with E-state index in [1.165, 1.54) is 0 Å². The van der Waals surface area contributed by atoms with Crippen LogP contribution in [0.1, 0.15) is 0 Å². The van der Waals surface area contributed by atoms with Crippen molar-refractivity contribution in [1.82, 2.24) is 0 Å². The summed E-state index contributed by atoms with van der Waals surface area (Å²) in [4.78, 5) is 0. The summed E-state index contributed by atoms with van der Waals surface area (Å²) in [6.07, 6.45) is 0. The molecule has 0 saturated heterocycles. The number of halogens is 6. The first-order valence-corrected chi connectivity index (χ1v) is 2.82. The summed E-state index contributed by atoms with van der Waals surface area (Å²) in [5.74, 6) is 0. The SMILES string of the molecule is [Cs+].[Cs+].[Cs+].[Cs+].[F][Cu-4]([F])([F])([F])([F])[F]. The van der Waals surface area contributed by atoms with Gasteiger partial charge < -0.3 is 0 Å². The Morgan fingerprint density at radius 3 is 0.455 bits per heavy atom. The van der Waals surface area contributed by atoms with E-state index in [-0.39, 0.29) is 276 Å². The van der Waals surface area contributed by atoms with E-state index in [2.05, 4.69) is 0 Å². The van der Waals surface area contributed by atoms with Crippen molar-refractivity contribution in [3.8, 4) is 0 Å². The Morgan fingerprint density at radius 1 is 0.455 bits per heavy atom. The summed E-state index contributed by atoms with van der Waals surface area (Å²) >= 11 is -10.4. The van der Waals surface area contributed by atoms with Gasteiger partial charge in [0.1, 0.15) is 0 Å². The molecule has 0 aromatic carbocycles. The van der Waals surface area contributed by atoms with Gasteiger partial charge in [0.25, 0.3) is 0 Å². The van der Waals surface area contributed by atoms with Gasteiger partial charge in [-0.1, -0.05) is 0 Å². The minimum absolute atomic E-state index is 0. The van der Waals surface area contributed by atoms with Crippen LogP contribution in [0.25, 0.3) is 0 Å². The Balaban J connectivity index is -0.0000000300. The zero-order valence-corrected chi connectivity index (χ0v) is 32.6.